The average molecular weight is 448 g/mol. The van der Waals surface area contributed by atoms with Crippen molar-refractivity contribution in [3.05, 3.63) is 66.9 Å². The molecule has 0 aliphatic rings. The quantitative estimate of drug-likeness (QED) is 0.650. The third-order valence-electron chi connectivity index (χ3n) is 3.42. The van der Waals surface area contributed by atoms with Gasteiger partial charge in [-0.3, -0.25) is 0 Å². The van der Waals surface area contributed by atoms with Crippen LogP contribution in [0, 0.1) is 16.3 Å². The minimum atomic E-state index is -0.176. The van der Waals surface area contributed by atoms with Gasteiger partial charge in [-0.2, -0.15) is 0 Å². The molecule has 20 heavy (non-hydrogen) atoms. The second-order valence-corrected chi connectivity index (χ2v) is 6.86. The Kier molecular flexibility index (Phi) is 5.57. The van der Waals surface area contributed by atoms with E-state index in [1.165, 1.54) is 15.2 Å². The summed E-state index contributed by atoms with van der Waals surface area (Å²) in [5.41, 5.74) is 3.39. The van der Waals surface area contributed by atoms with Gasteiger partial charge in [0.05, 0.1) is 0 Å². The summed E-state index contributed by atoms with van der Waals surface area (Å²) in [5.74, 6) is -0.176. The van der Waals surface area contributed by atoms with Crippen LogP contribution >= 0.6 is 38.5 Å². The number of rotatable bonds is 4. The highest BCUT2D eigenvalue weighted by atomic mass is 127. The minimum Gasteiger partial charge on any atom is -0.313 e. The smallest absolute Gasteiger partial charge is 0.123 e. The molecule has 0 saturated heterocycles. The molecule has 1 atom stereocenters. The largest absolute Gasteiger partial charge is 0.313 e. The van der Waals surface area contributed by atoms with Gasteiger partial charge in [0.2, 0.25) is 0 Å². The Balaban J connectivity index is 2.33. The number of nitrogens with one attached hydrogen (secondary N) is 1. The Morgan fingerprint density at radius 1 is 1.25 bits per heavy atom. The van der Waals surface area contributed by atoms with Crippen molar-refractivity contribution in [2.75, 3.05) is 7.05 Å². The highest BCUT2D eigenvalue weighted by Crippen LogP contribution is 2.27. The molecule has 1 nitrogen and oxygen atoms in total. The van der Waals surface area contributed by atoms with Gasteiger partial charge in [0.25, 0.3) is 0 Å². The number of hydrogen-bond acceptors (Lipinski definition) is 1. The first-order chi connectivity index (χ1) is 9.51. The van der Waals surface area contributed by atoms with Crippen molar-refractivity contribution in [2.45, 2.75) is 19.4 Å². The van der Waals surface area contributed by atoms with Crippen LogP contribution in [0.1, 0.15) is 22.7 Å². The van der Waals surface area contributed by atoms with Crippen LogP contribution in [0.4, 0.5) is 4.39 Å². The fraction of sp³-hybridized carbons (Fsp3) is 0.250. The Bertz CT molecular complexity index is 615. The molecule has 1 unspecified atom stereocenters. The molecule has 0 fully saturated rings. The molecular weight excluding hydrogens is 432 g/mol. The SMILES string of the molecule is CNC(Cc1cc(F)ccc1C)c1cc(Br)ccc1I. The number of likely N-dealkylation sites (N-methyl/N-ethyl adjacent to an activating group) is 1. The zero-order valence-electron chi connectivity index (χ0n) is 11.4. The highest BCUT2D eigenvalue weighted by Gasteiger charge is 2.15. The molecule has 2 rings (SSSR count). The first kappa shape index (κ1) is 15.9. The summed E-state index contributed by atoms with van der Waals surface area (Å²) in [7, 11) is 1.94. The lowest BCUT2D eigenvalue weighted by Crippen LogP contribution is -2.20. The van der Waals surface area contributed by atoms with Crippen LogP contribution in [0.25, 0.3) is 0 Å². The number of halogens is 3. The maximum atomic E-state index is 13.4. The summed E-state index contributed by atoms with van der Waals surface area (Å²) >= 11 is 5.85. The van der Waals surface area contributed by atoms with Crippen molar-refractivity contribution in [2.24, 2.45) is 0 Å². The van der Waals surface area contributed by atoms with E-state index in [2.05, 4.69) is 56.0 Å². The lowest BCUT2D eigenvalue weighted by atomic mass is 9.96. The van der Waals surface area contributed by atoms with Gasteiger partial charge >= 0.3 is 0 Å². The molecule has 2 aromatic rings. The Labute approximate surface area is 141 Å². The van der Waals surface area contributed by atoms with Crippen LogP contribution in [0.5, 0.6) is 0 Å². The van der Waals surface area contributed by atoms with E-state index in [-0.39, 0.29) is 11.9 Å². The van der Waals surface area contributed by atoms with Gasteiger partial charge in [-0.15, -0.1) is 0 Å². The van der Waals surface area contributed by atoms with Crippen molar-refractivity contribution in [1.82, 2.24) is 5.32 Å². The Hall–Kier alpha value is -0.460. The molecule has 0 heterocycles. The molecule has 0 aromatic heterocycles. The fourth-order valence-electron chi connectivity index (χ4n) is 2.23. The first-order valence-corrected chi connectivity index (χ1v) is 8.25. The van der Waals surface area contributed by atoms with Crippen molar-refractivity contribution < 1.29 is 4.39 Å². The third-order valence-corrected chi connectivity index (χ3v) is 4.89. The summed E-state index contributed by atoms with van der Waals surface area (Å²) in [4.78, 5) is 0. The van der Waals surface area contributed by atoms with Crippen molar-refractivity contribution >= 4 is 38.5 Å². The van der Waals surface area contributed by atoms with Crippen LogP contribution in [-0.4, -0.2) is 7.05 Å². The Morgan fingerprint density at radius 2 is 2.00 bits per heavy atom. The zero-order valence-corrected chi connectivity index (χ0v) is 15.1. The summed E-state index contributed by atoms with van der Waals surface area (Å²) < 4.78 is 15.7. The Morgan fingerprint density at radius 3 is 2.70 bits per heavy atom. The molecule has 106 valence electrons. The summed E-state index contributed by atoms with van der Waals surface area (Å²) in [6.07, 6.45) is 0.770. The monoisotopic (exact) mass is 447 g/mol. The molecule has 0 bridgehead atoms. The molecule has 0 spiro atoms. The first-order valence-electron chi connectivity index (χ1n) is 6.38. The molecular formula is C16H16BrFIN. The standard InChI is InChI=1S/C16H16BrFIN/c1-10-3-5-13(18)7-11(10)8-16(20-2)14-9-12(17)4-6-15(14)19/h3-7,9,16,20H,8H2,1-2H3. The van der Waals surface area contributed by atoms with Gasteiger partial charge in [-0.25, -0.2) is 4.39 Å². The molecule has 4 heteroatoms. The third kappa shape index (κ3) is 3.80. The van der Waals surface area contributed by atoms with E-state index in [1.807, 2.05) is 26.1 Å². The molecule has 0 aliphatic heterocycles. The normalized spacial score (nSPS) is 12.4. The number of hydrogen-bond donors (Lipinski definition) is 1. The number of benzene rings is 2. The van der Waals surface area contributed by atoms with Gasteiger partial charge < -0.3 is 5.32 Å². The highest BCUT2D eigenvalue weighted by molar-refractivity contribution is 14.1. The van der Waals surface area contributed by atoms with E-state index in [0.717, 1.165) is 22.0 Å². The molecule has 2 aromatic carbocycles. The van der Waals surface area contributed by atoms with Gasteiger partial charge in [-0.05, 0) is 90.0 Å². The second kappa shape index (κ2) is 7.00. The summed E-state index contributed by atoms with van der Waals surface area (Å²) in [6, 6.07) is 11.4. The average Bonchev–Trinajstić information content (AvgIpc) is 2.42. The van der Waals surface area contributed by atoms with Gasteiger partial charge in [-0.1, -0.05) is 22.0 Å². The van der Waals surface area contributed by atoms with Crippen molar-refractivity contribution in [3.8, 4) is 0 Å². The van der Waals surface area contributed by atoms with E-state index in [9.17, 15) is 4.39 Å². The molecule has 1 N–H and O–H groups in total. The van der Waals surface area contributed by atoms with E-state index in [4.69, 9.17) is 0 Å². The van der Waals surface area contributed by atoms with Crippen LogP contribution in [-0.2, 0) is 6.42 Å². The minimum absolute atomic E-state index is 0.167. The lowest BCUT2D eigenvalue weighted by molar-refractivity contribution is 0.580. The fourth-order valence-corrected chi connectivity index (χ4v) is 3.32. The predicted octanol–water partition coefficient (Wildman–Crippen LogP) is 5.00. The van der Waals surface area contributed by atoms with Crippen molar-refractivity contribution in [1.29, 1.82) is 0 Å². The van der Waals surface area contributed by atoms with Gasteiger partial charge in [0.15, 0.2) is 0 Å². The van der Waals surface area contributed by atoms with Crippen LogP contribution < -0.4 is 5.32 Å². The summed E-state index contributed by atoms with van der Waals surface area (Å²) in [6.45, 7) is 2.02. The van der Waals surface area contributed by atoms with E-state index >= 15 is 0 Å². The maximum absolute atomic E-state index is 13.4. The van der Waals surface area contributed by atoms with E-state index in [0.29, 0.717) is 0 Å². The molecule has 0 saturated carbocycles. The summed E-state index contributed by atoms with van der Waals surface area (Å²) in [5, 5.41) is 3.33. The second-order valence-electron chi connectivity index (χ2n) is 4.78. The zero-order chi connectivity index (χ0) is 14.7. The van der Waals surface area contributed by atoms with Gasteiger partial charge in [0, 0.05) is 14.1 Å². The predicted molar refractivity (Wildman–Crippen MR) is 93.5 cm³/mol. The topological polar surface area (TPSA) is 12.0 Å². The van der Waals surface area contributed by atoms with E-state index < -0.39 is 0 Å². The van der Waals surface area contributed by atoms with E-state index in [1.54, 1.807) is 6.07 Å². The van der Waals surface area contributed by atoms with Crippen LogP contribution in [0.2, 0.25) is 0 Å². The van der Waals surface area contributed by atoms with Gasteiger partial charge in [0.1, 0.15) is 5.82 Å². The lowest BCUT2D eigenvalue weighted by Gasteiger charge is -2.20. The molecule has 0 amide bonds. The van der Waals surface area contributed by atoms with Crippen LogP contribution in [0.3, 0.4) is 0 Å². The van der Waals surface area contributed by atoms with Crippen molar-refractivity contribution in [3.63, 3.8) is 0 Å². The van der Waals surface area contributed by atoms with Crippen LogP contribution in [0.15, 0.2) is 40.9 Å². The molecule has 0 aliphatic carbocycles. The molecule has 0 radical (unpaired) electrons. The maximum Gasteiger partial charge on any atom is 0.123 e. The number of aryl methyl sites for hydroxylation is 1.